The van der Waals surface area contributed by atoms with Crippen molar-refractivity contribution in [2.45, 2.75) is 26.8 Å². The fraction of sp³-hybridized carbons (Fsp3) is 0.316. The first kappa shape index (κ1) is 17.4. The molecule has 0 fully saturated rings. The Bertz CT molecular complexity index is 847. The van der Waals surface area contributed by atoms with Crippen molar-refractivity contribution in [3.8, 4) is 0 Å². The number of nitrogens with one attached hydrogen (secondary N) is 1. The zero-order valence-corrected chi connectivity index (χ0v) is 15.3. The van der Waals surface area contributed by atoms with Gasteiger partial charge in [-0.1, -0.05) is 30.3 Å². The van der Waals surface area contributed by atoms with Crippen molar-refractivity contribution in [1.82, 2.24) is 14.9 Å². The van der Waals surface area contributed by atoms with Gasteiger partial charge in [0.25, 0.3) is 0 Å². The maximum Gasteiger partial charge on any atom is 0.224 e. The van der Waals surface area contributed by atoms with Crippen LogP contribution in [0.1, 0.15) is 23.8 Å². The number of hydrogen-bond donors (Lipinski definition) is 1. The van der Waals surface area contributed by atoms with E-state index in [2.05, 4.69) is 28.3 Å². The number of nitrogens with zero attached hydrogens (tertiary/aromatic N) is 3. The zero-order valence-electron chi connectivity index (χ0n) is 14.5. The predicted octanol–water partition coefficient (Wildman–Crippen LogP) is 3.85. The topological polar surface area (TPSA) is 58.1 Å². The fourth-order valence-corrected chi connectivity index (χ4v) is 3.59. The monoisotopic (exact) mass is 354 g/mol. The lowest BCUT2D eigenvalue weighted by molar-refractivity contribution is -0.131. The van der Waals surface area contributed by atoms with Crippen LogP contribution in [0.4, 0.5) is 5.82 Å². The van der Waals surface area contributed by atoms with Crippen molar-refractivity contribution in [3.63, 3.8) is 0 Å². The Balaban J connectivity index is 1.57. The van der Waals surface area contributed by atoms with Crippen LogP contribution in [0.3, 0.4) is 0 Å². The third kappa shape index (κ3) is 4.33. The molecule has 3 aromatic rings. The highest BCUT2D eigenvalue weighted by Crippen LogP contribution is 2.27. The summed E-state index contributed by atoms with van der Waals surface area (Å²) in [6.07, 6.45) is 2.01. The van der Waals surface area contributed by atoms with Crippen molar-refractivity contribution in [1.29, 1.82) is 0 Å². The van der Waals surface area contributed by atoms with Gasteiger partial charge in [-0.25, -0.2) is 9.97 Å². The Labute approximate surface area is 151 Å². The van der Waals surface area contributed by atoms with E-state index in [-0.39, 0.29) is 5.91 Å². The number of carbonyl (C=O) groups is 1. The second-order valence-corrected chi connectivity index (χ2v) is 7.10. The molecule has 0 aliphatic carbocycles. The highest BCUT2D eigenvalue weighted by molar-refractivity contribution is 7.18. The smallest absolute Gasteiger partial charge is 0.224 e. The first-order valence-electron chi connectivity index (χ1n) is 8.44. The molecule has 0 saturated carbocycles. The number of fused-ring (bicyclic) bond motifs is 1. The van der Waals surface area contributed by atoms with E-state index in [0.29, 0.717) is 26.1 Å². The Morgan fingerprint density at radius 3 is 2.80 bits per heavy atom. The highest BCUT2D eigenvalue weighted by atomic mass is 32.1. The first-order valence-corrected chi connectivity index (χ1v) is 9.25. The number of benzene rings is 1. The van der Waals surface area contributed by atoms with Crippen molar-refractivity contribution in [3.05, 3.63) is 53.2 Å². The Kier molecular flexibility index (Phi) is 5.60. The Morgan fingerprint density at radius 1 is 1.24 bits per heavy atom. The molecule has 3 rings (SSSR count). The van der Waals surface area contributed by atoms with Gasteiger partial charge in [-0.05, 0) is 25.5 Å². The Hall–Kier alpha value is -2.47. The number of carbonyl (C=O) groups excluding carboxylic acids is 1. The van der Waals surface area contributed by atoms with Crippen molar-refractivity contribution < 1.29 is 4.79 Å². The van der Waals surface area contributed by atoms with Crippen LogP contribution in [0.25, 0.3) is 10.2 Å². The molecular weight excluding hydrogens is 332 g/mol. The minimum absolute atomic E-state index is 0.144. The van der Waals surface area contributed by atoms with E-state index in [0.717, 1.165) is 21.6 Å². The summed E-state index contributed by atoms with van der Waals surface area (Å²) in [5.74, 6) is 0.943. The van der Waals surface area contributed by atoms with Crippen LogP contribution in [-0.4, -0.2) is 33.9 Å². The summed E-state index contributed by atoms with van der Waals surface area (Å²) in [7, 11) is 0. The maximum atomic E-state index is 12.5. The van der Waals surface area contributed by atoms with E-state index in [4.69, 9.17) is 0 Å². The molecule has 0 spiro atoms. The number of rotatable bonds is 7. The van der Waals surface area contributed by atoms with Crippen LogP contribution in [0.15, 0.2) is 42.7 Å². The fourth-order valence-electron chi connectivity index (χ4n) is 2.74. The molecule has 1 aromatic carbocycles. The van der Waals surface area contributed by atoms with Gasteiger partial charge in [0.1, 0.15) is 17.0 Å². The Morgan fingerprint density at radius 2 is 2.04 bits per heavy atom. The van der Waals surface area contributed by atoms with Crippen LogP contribution < -0.4 is 5.32 Å². The summed E-state index contributed by atoms with van der Waals surface area (Å²) >= 11 is 1.65. The van der Waals surface area contributed by atoms with Crippen molar-refractivity contribution >= 4 is 33.3 Å². The molecule has 2 heterocycles. The molecule has 2 aromatic heterocycles. The van der Waals surface area contributed by atoms with Gasteiger partial charge in [0.05, 0.1) is 5.39 Å². The molecule has 0 aliphatic rings. The lowest BCUT2D eigenvalue weighted by atomic mass is 10.2. The zero-order chi connectivity index (χ0) is 17.6. The first-order chi connectivity index (χ1) is 12.2. The van der Waals surface area contributed by atoms with E-state index in [1.54, 1.807) is 17.7 Å². The summed E-state index contributed by atoms with van der Waals surface area (Å²) in [5, 5.41) is 4.31. The molecule has 0 aliphatic heterocycles. The molecule has 25 heavy (non-hydrogen) atoms. The van der Waals surface area contributed by atoms with Gasteiger partial charge >= 0.3 is 0 Å². The standard InChI is InChI=1S/C19H22N4OS/c1-3-23(12-15-7-5-4-6-8-15)17(24)9-10-20-18-16-11-14(2)25-19(16)22-13-21-18/h4-8,11,13H,3,9-10,12H2,1-2H3,(H,20,21,22). The molecule has 0 atom stereocenters. The van der Waals surface area contributed by atoms with E-state index < -0.39 is 0 Å². The van der Waals surface area contributed by atoms with Gasteiger partial charge < -0.3 is 10.2 Å². The average Bonchev–Trinajstić information content (AvgIpc) is 3.01. The summed E-state index contributed by atoms with van der Waals surface area (Å²) in [4.78, 5) is 25.1. The third-order valence-electron chi connectivity index (χ3n) is 4.03. The molecule has 130 valence electrons. The van der Waals surface area contributed by atoms with Gasteiger partial charge in [0.15, 0.2) is 0 Å². The second-order valence-electron chi connectivity index (χ2n) is 5.87. The molecule has 0 bridgehead atoms. The van der Waals surface area contributed by atoms with Gasteiger partial charge in [0.2, 0.25) is 5.91 Å². The molecule has 1 N–H and O–H groups in total. The quantitative estimate of drug-likeness (QED) is 0.700. The lowest BCUT2D eigenvalue weighted by Crippen LogP contribution is -2.31. The van der Waals surface area contributed by atoms with Crippen LogP contribution in [0, 0.1) is 6.92 Å². The summed E-state index contributed by atoms with van der Waals surface area (Å²) in [5.41, 5.74) is 1.15. The number of thiophene rings is 1. The van der Waals surface area contributed by atoms with Crippen molar-refractivity contribution in [2.75, 3.05) is 18.4 Å². The van der Waals surface area contributed by atoms with Crippen LogP contribution in [-0.2, 0) is 11.3 Å². The summed E-state index contributed by atoms with van der Waals surface area (Å²) < 4.78 is 0. The minimum atomic E-state index is 0.144. The van der Waals surface area contributed by atoms with Crippen LogP contribution in [0.2, 0.25) is 0 Å². The summed E-state index contributed by atoms with van der Waals surface area (Å²) in [6.45, 7) is 5.98. The van der Waals surface area contributed by atoms with Gasteiger partial charge in [-0.2, -0.15) is 0 Å². The van der Waals surface area contributed by atoms with Gasteiger partial charge in [-0.15, -0.1) is 11.3 Å². The molecule has 0 radical (unpaired) electrons. The number of amides is 1. The normalized spacial score (nSPS) is 10.8. The molecule has 0 saturated heterocycles. The van der Waals surface area contributed by atoms with Crippen LogP contribution in [0.5, 0.6) is 0 Å². The largest absolute Gasteiger partial charge is 0.369 e. The van der Waals surface area contributed by atoms with E-state index in [9.17, 15) is 4.79 Å². The third-order valence-corrected chi connectivity index (χ3v) is 4.99. The maximum absolute atomic E-state index is 12.5. The highest BCUT2D eigenvalue weighted by Gasteiger charge is 2.12. The van der Waals surface area contributed by atoms with Gasteiger partial charge in [0, 0.05) is 30.9 Å². The van der Waals surface area contributed by atoms with Crippen molar-refractivity contribution in [2.24, 2.45) is 0 Å². The minimum Gasteiger partial charge on any atom is -0.369 e. The molecule has 6 heteroatoms. The van der Waals surface area contributed by atoms with E-state index >= 15 is 0 Å². The molecule has 5 nitrogen and oxygen atoms in total. The SMILES string of the molecule is CCN(Cc1ccccc1)C(=O)CCNc1ncnc2sc(C)cc12. The second kappa shape index (κ2) is 8.07. The van der Waals surface area contributed by atoms with Crippen LogP contribution >= 0.6 is 11.3 Å². The van der Waals surface area contributed by atoms with E-state index in [1.807, 2.05) is 42.2 Å². The number of hydrogen-bond acceptors (Lipinski definition) is 5. The number of aromatic nitrogens is 2. The number of aryl methyl sites for hydroxylation is 1. The average molecular weight is 354 g/mol. The summed E-state index contributed by atoms with van der Waals surface area (Å²) in [6, 6.07) is 12.2. The number of anilines is 1. The lowest BCUT2D eigenvalue weighted by Gasteiger charge is -2.21. The molecule has 0 unspecified atom stereocenters. The molecule has 1 amide bonds. The van der Waals surface area contributed by atoms with Gasteiger partial charge in [-0.3, -0.25) is 4.79 Å². The van der Waals surface area contributed by atoms with E-state index in [1.165, 1.54) is 4.88 Å². The molecular formula is C19H22N4OS. The predicted molar refractivity (Wildman–Crippen MR) is 103 cm³/mol.